The largest absolute Gasteiger partial charge is 0.379 e. The topological polar surface area (TPSA) is 64.3 Å². The average Bonchev–Trinajstić information content (AvgIpc) is 2.60. The molecule has 4 nitrogen and oxygen atoms in total. The Hall–Kier alpha value is -1.05. The number of hydrogen-bond acceptors (Lipinski definition) is 3. The van der Waals surface area contributed by atoms with Crippen LogP contribution in [0.4, 0.5) is 0 Å². The molecular formula is C10H16N2O2. The van der Waals surface area contributed by atoms with Crippen molar-refractivity contribution in [3.8, 4) is 12.3 Å². The van der Waals surface area contributed by atoms with Crippen LogP contribution in [0, 0.1) is 18.3 Å². The molecule has 0 radical (unpaired) electrons. The van der Waals surface area contributed by atoms with Gasteiger partial charge in [0, 0.05) is 6.04 Å². The molecule has 1 fully saturated rings. The number of ether oxygens (including phenoxy) is 1. The van der Waals surface area contributed by atoms with Crippen molar-refractivity contribution in [3.05, 3.63) is 0 Å². The number of amides is 1. The minimum atomic E-state index is -0.252. The third-order valence-electron chi connectivity index (χ3n) is 2.39. The fourth-order valence-electron chi connectivity index (χ4n) is 1.38. The van der Waals surface area contributed by atoms with E-state index in [9.17, 15) is 4.79 Å². The summed E-state index contributed by atoms with van der Waals surface area (Å²) in [5.74, 6) is 2.16. The Bertz CT molecular complexity index is 247. The van der Waals surface area contributed by atoms with E-state index in [0.29, 0.717) is 13.2 Å². The van der Waals surface area contributed by atoms with Gasteiger partial charge in [-0.3, -0.25) is 4.79 Å². The summed E-state index contributed by atoms with van der Waals surface area (Å²) in [7, 11) is 0. The van der Waals surface area contributed by atoms with Gasteiger partial charge in [0.1, 0.15) is 0 Å². The molecule has 1 aliphatic heterocycles. The molecule has 4 heteroatoms. The van der Waals surface area contributed by atoms with Crippen LogP contribution in [0.3, 0.4) is 0 Å². The van der Waals surface area contributed by atoms with Gasteiger partial charge in [-0.05, 0) is 6.42 Å². The highest BCUT2D eigenvalue weighted by Gasteiger charge is 2.31. The van der Waals surface area contributed by atoms with Crippen LogP contribution in [0.5, 0.6) is 0 Å². The lowest BCUT2D eigenvalue weighted by molar-refractivity contribution is -0.125. The Kier molecular flexibility index (Phi) is 3.93. The maximum absolute atomic E-state index is 11.6. The zero-order valence-electron chi connectivity index (χ0n) is 8.32. The van der Waals surface area contributed by atoms with Crippen LogP contribution in [0.25, 0.3) is 0 Å². The van der Waals surface area contributed by atoms with Crippen molar-refractivity contribution in [1.82, 2.24) is 5.32 Å². The molecule has 0 aromatic carbocycles. The number of hydrogen-bond donors (Lipinski definition) is 2. The third-order valence-corrected chi connectivity index (χ3v) is 2.39. The van der Waals surface area contributed by atoms with Crippen molar-refractivity contribution in [3.63, 3.8) is 0 Å². The highest BCUT2D eigenvalue weighted by molar-refractivity contribution is 5.80. The lowest BCUT2D eigenvalue weighted by Gasteiger charge is -2.16. The van der Waals surface area contributed by atoms with Crippen LogP contribution in [0.2, 0.25) is 0 Å². The van der Waals surface area contributed by atoms with Crippen molar-refractivity contribution in [1.29, 1.82) is 0 Å². The molecule has 0 aromatic heterocycles. The summed E-state index contributed by atoms with van der Waals surface area (Å²) in [5, 5.41) is 2.75. The maximum atomic E-state index is 11.6. The number of nitrogens with two attached hydrogens (primary N) is 1. The Morgan fingerprint density at radius 2 is 2.50 bits per heavy atom. The van der Waals surface area contributed by atoms with Crippen LogP contribution in [0.1, 0.15) is 13.3 Å². The van der Waals surface area contributed by atoms with Gasteiger partial charge in [-0.15, -0.1) is 6.42 Å². The molecule has 14 heavy (non-hydrogen) atoms. The van der Waals surface area contributed by atoms with Crippen LogP contribution < -0.4 is 11.1 Å². The smallest absolute Gasteiger partial charge is 0.228 e. The lowest BCUT2D eigenvalue weighted by Crippen LogP contribution is -2.44. The fourth-order valence-corrected chi connectivity index (χ4v) is 1.38. The standard InChI is InChI=1S/C10H16N2O2/c1-3-7(4-2)12-10(13)8-5-14-6-9(8)11/h1,7-9H,4-6,11H2,2H3,(H,12,13). The van der Waals surface area contributed by atoms with Gasteiger partial charge >= 0.3 is 0 Å². The first kappa shape index (κ1) is 11.0. The van der Waals surface area contributed by atoms with Crippen LogP contribution in [0.15, 0.2) is 0 Å². The second-order valence-corrected chi connectivity index (χ2v) is 3.44. The van der Waals surface area contributed by atoms with Crippen molar-refractivity contribution in [2.24, 2.45) is 11.7 Å². The van der Waals surface area contributed by atoms with Gasteiger partial charge in [-0.2, -0.15) is 0 Å². The van der Waals surface area contributed by atoms with E-state index in [1.54, 1.807) is 0 Å². The number of rotatable bonds is 3. The molecule has 78 valence electrons. The molecule has 1 amide bonds. The molecule has 0 spiro atoms. The second-order valence-electron chi connectivity index (χ2n) is 3.44. The van der Waals surface area contributed by atoms with Gasteiger partial charge in [-0.1, -0.05) is 12.8 Å². The van der Waals surface area contributed by atoms with Gasteiger partial charge < -0.3 is 15.8 Å². The summed E-state index contributed by atoms with van der Waals surface area (Å²) < 4.78 is 5.10. The van der Waals surface area contributed by atoms with Crippen LogP contribution in [-0.4, -0.2) is 31.2 Å². The van der Waals surface area contributed by atoms with E-state index in [4.69, 9.17) is 16.9 Å². The lowest BCUT2D eigenvalue weighted by atomic mass is 10.0. The molecule has 1 saturated heterocycles. The van der Waals surface area contributed by atoms with E-state index in [-0.39, 0.29) is 23.9 Å². The minimum absolute atomic E-state index is 0.0974. The molecule has 1 aliphatic rings. The zero-order chi connectivity index (χ0) is 10.6. The van der Waals surface area contributed by atoms with Gasteiger partial charge in [0.15, 0.2) is 0 Å². The highest BCUT2D eigenvalue weighted by Crippen LogP contribution is 2.11. The van der Waals surface area contributed by atoms with E-state index in [1.807, 2.05) is 6.92 Å². The first-order chi connectivity index (χ1) is 6.69. The molecule has 1 rings (SSSR count). The molecule has 0 aromatic rings. The van der Waals surface area contributed by atoms with Crippen molar-refractivity contribution < 1.29 is 9.53 Å². The molecule has 0 bridgehead atoms. The predicted octanol–water partition coefficient (Wildman–Crippen LogP) is -0.512. The summed E-state index contributed by atoms with van der Waals surface area (Å²) in [6, 6.07) is -0.402. The monoisotopic (exact) mass is 196 g/mol. The Balaban J connectivity index is 2.45. The zero-order valence-corrected chi connectivity index (χ0v) is 8.32. The van der Waals surface area contributed by atoms with Crippen molar-refractivity contribution in [2.45, 2.75) is 25.4 Å². The summed E-state index contributed by atoms with van der Waals surface area (Å²) in [6.07, 6.45) is 5.96. The minimum Gasteiger partial charge on any atom is -0.379 e. The number of carbonyl (C=O) groups excluding carboxylic acids is 1. The molecule has 3 N–H and O–H groups in total. The van der Waals surface area contributed by atoms with Crippen molar-refractivity contribution >= 4 is 5.91 Å². The normalized spacial score (nSPS) is 28.1. The molecule has 1 heterocycles. The van der Waals surface area contributed by atoms with E-state index >= 15 is 0 Å². The summed E-state index contributed by atoms with van der Waals surface area (Å²) in [6.45, 7) is 2.77. The molecule has 0 aliphatic carbocycles. The first-order valence-corrected chi connectivity index (χ1v) is 4.78. The van der Waals surface area contributed by atoms with Crippen LogP contribution >= 0.6 is 0 Å². The van der Waals surface area contributed by atoms with Gasteiger partial charge in [-0.25, -0.2) is 0 Å². The molecule has 3 atom stereocenters. The molecular weight excluding hydrogens is 180 g/mol. The number of nitrogens with one attached hydrogen (secondary N) is 1. The Labute approximate surface area is 84.2 Å². The highest BCUT2D eigenvalue weighted by atomic mass is 16.5. The summed E-state index contributed by atoms with van der Waals surface area (Å²) in [5.41, 5.74) is 5.70. The second kappa shape index (κ2) is 4.99. The Morgan fingerprint density at radius 3 is 2.93 bits per heavy atom. The van der Waals surface area contributed by atoms with Gasteiger partial charge in [0.25, 0.3) is 0 Å². The van der Waals surface area contributed by atoms with E-state index in [2.05, 4.69) is 11.2 Å². The summed E-state index contributed by atoms with van der Waals surface area (Å²) in [4.78, 5) is 11.6. The van der Waals surface area contributed by atoms with E-state index in [1.165, 1.54) is 0 Å². The number of terminal acetylenes is 1. The third kappa shape index (κ3) is 2.47. The fraction of sp³-hybridized carbons (Fsp3) is 0.700. The van der Waals surface area contributed by atoms with Crippen LogP contribution in [-0.2, 0) is 9.53 Å². The van der Waals surface area contributed by atoms with Crippen molar-refractivity contribution in [2.75, 3.05) is 13.2 Å². The van der Waals surface area contributed by atoms with Gasteiger partial charge in [0.2, 0.25) is 5.91 Å². The quantitative estimate of drug-likeness (QED) is 0.597. The average molecular weight is 196 g/mol. The summed E-state index contributed by atoms with van der Waals surface area (Å²) >= 11 is 0. The number of carbonyl (C=O) groups is 1. The molecule has 0 saturated carbocycles. The predicted molar refractivity (Wildman–Crippen MR) is 53.3 cm³/mol. The van der Waals surface area contributed by atoms with E-state index in [0.717, 1.165) is 6.42 Å². The van der Waals surface area contributed by atoms with E-state index < -0.39 is 0 Å². The van der Waals surface area contributed by atoms with Gasteiger partial charge in [0.05, 0.1) is 25.2 Å². The Morgan fingerprint density at radius 1 is 1.79 bits per heavy atom. The maximum Gasteiger partial charge on any atom is 0.228 e. The molecule has 3 unspecified atom stereocenters. The first-order valence-electron chi connectivity index (χ1n) is 4.78. The SMILES string of the molecule is C#CC(CC)NC(=O)C1COCC1N.